The van der Waals surface area contributed by atoms with E-state index in [0.29, 0.717) is 10.5 Å². The molecule has 0 saturated heterocycles. The van der Waals surface area contributed by atoms with Gasteiger partial charge in [0.1, 0.15) is 0 Å². The molecule has 0 bridgehead atoms. The van der Waals surface area contributed by atoms with Gasteiger partial charge in [-0.15, -0.1) is 0 Å². The lowest BCUT2D eigenvalue weighted by atomic mass is 10.1. The predicted octanol–water partition coefficient (Wildman–Crippen LogP) is 3.67. The van der Waals surface area contributed by atoms with Gasteiger partial charge in [0, 0.05) is 10.5 Å². The number of hydrogen-bond acceptors (Lipinski definition) is 2. The fourth-order valence-corrected chi connectivity index (χ4v) is 1.40. The van der Waals surface area contributed by atoms with Gasteiger partial charge in [-0.1, -0.05) is 24.3 Å². The Labute approximate surface area is 85.2 Å². The maximum Gasteiger partial charge on any atom is 0.0238 e. The SMILES string of the molecule is CC(S)c1ccc(C(C)S)cc1. The first-order valence-corrected chi connectivity index (χ1v) is 5.10. The highest BCUT2D eigenvalue weighted by atomic mass is 32.1. The van der Waals surface area contributed by atoms with E-state index in [1.807, 2.05) is 0 Å². The summed E-state index contributed by atoms with van der Waals surface area (Å²) in [6, 6.07) is 8.44. The molecule has 2 unspecified atom stereocenters. The van der Waals surface area contributed by atoms with Crippen molar-refractivity contribution in [2.75, 3.05) is 0 Å². The van der Waals surface area contributed by atoms with Gasteiger partial charge < -0.3 is 0 Å². The molecular formula is C10H14S2. The summed E-state index contributed by atoms with van der Waals surface area (Å²) >= 11 is 8.71. The highest BCUT2D eigenvalue weighted by Crippen LogP contribution is 2.23. The second-order valence-corrected chi connectivity index (χ2v) is 4.57. The van der Waals surface area contributed by atoms with Crippen molar-refractivity contribution in [2.24, 2.45) is 0 Å². The monoisotopic (exact) mass is 198 g/mol. The van der Waals surface area contributed by atoms with E-state index >= 15 is 0 Å². The average molecular weight is 198 g/mol. The van der Waals surface area contributed by atoms with Crippen LogP contribution in [0.15, 0.2) is 24.3 Å². The Balaban J connectivity index is 2.86. The first-order valence-electron chi connectivity index (χ1n) is 4.07. The number of rotatable bonds is 2. The third kappa shape index (κ3) is 2.46. The van der Waals surface area contributed by atoms with Crippen LogP contribution in [-0.4, -0.2) is 0 Å². The molecular weight excluding hydrogens is 184 g/mol. The summed E-state index contributed by atoms with van der Waals surface area (Å²) in [5.41, 5.74) is 2.52. The van der Waals surface area contributed by atoms with E-state index < -0.39 is 0 Å². The molecule has 0 saturated carbocycles. The predicted molar refractivity (Wildman–Crippen MR) is 61.2 cm³/mol. The van der Waals surface area contributed by atoms with E-state index in [4.69, 9.17) is 0 Å². The molecule has 0 radical (unpaired) electrons. The highest BCUT2D eigenvalue weighted by molar-refractivity contribution is 7.80. The molecule has 0 aromatic heterocycles. The summed E-state index contributed by atoms with van der Waals surface area (Å²) in [7, 11) is 0. The van der Waals surface area contributed by atoms with Gasteiger partial charge in [0.25, 0.3) is 0 Å². The lowest BCUT2D eigenvalue weighted by Gasteiger charge is -2.07. The maximum atomic E-state index is 4.35. The van der Waals surface area contributed by atoms with Crippen LogP contribution in [0.5, 0.6) is 0 Å². The molecule has 1 aromatic rings. The van der Waals surface area contributed by atoms with Crippen LogP contribution in [0, 0.1) is 0 Å². The molecule has 0 aliphatic rings. The molecule has 0 aliphatic heterocycles. The quantitative estimate of drug-likeness (QED) is 0.666. The van der Waals surface area contributed by atoms with Crippen LogP contribution in [0.3, 0.4) is 0 Å². The third-order valence-corrected chi connectivity index (χ3v) is 2.50. The largest absolute Gasteiger partial charge is 0.171 e. The van der Waals surface area contributed by atoms with E-state index in [1.54, 1.807) is 0 Å². The summed E-state index contributed by atoms with van der Waals surface area (Å²) in [4.78, 5) is 0. The van der Waals surface area contributed by atoms with Gasteiger partial charge in [-0.25, -0.2) is 0 Å². The van der Waals surface area contributed by atoms with Crippen LogP contribution in [0.25, 0.3) is 0 Å². The maximum absolute atomic E-state index is 4.35. The van der Waals surface area contributed by atoms with Gasteiger partial charge in [-0.3, -0.25) is 0 Å². The highest BCUT2D eigenvalue weighted by Gasteiger charge is 2.01. The van der Waals surface area contributed by atoms with Gasteiger partial charge in [0.2, 0.25) is 0 Å². The number of hydrogen-bond donors (Lipinski definition) is 2. The van der Waals surface area contributed by atoms with Crippen molar-refractivity contribution in [3.05, 3.63) is 35.4 Å². The number of thiol groups is 2. The minimum atomic E-state index is 0.314. The molecule has 66 valence electrons. The fraction of sp³-hybridized carbons (Fsp3) is 0.400. The van der Waals surface area contributed by atoms with E-state index in [2.05, 4.69) is 63.4 Å². The Morgan fingerprint density at radius 1 is 0.833 bits per heavy atom. The standard InChI is InChI=1S/C10H14S2/c1-7(11)9-3-5-10(6-4-9)8(2)12/h3-8,11-12H,1-2H3. The van der Waals surface area contributed by atoms with Gasteiger partial charge >= 0.3 is 0 Å². The fourth-order valence-electron chi connectivity index (χ4n) is 1.05. The smallest absolute Gasteiger partial charge is 0.0238 e. The molecule has 0 N–H and O–H groups in total. The normalized spacial score (nSPS) is 15.7. The molecule has 0 nitrogen and oxygen atoms in total. The lowest BCUT2D eigenvalue weighted by molar-refractivity contribution is 1.07. The summed E-state index contributed by atoms with van der Waals surface area (Å²) in [6.45, 7) is 4.14. The Hall–Kier alpha value is -0.0800. The topological polar surface area (TPSA) is 0 Å². The summed E-state index contributed by atoms with van der Waals surface area (Å²) < 4.78 is 0. The Morgan fingerprint density at radius 3 is 1.25 bits per heavy atom. The van der Waals surface area contributed by atoms with Crippen molar-refractivity contribution >= 4 is 25.3 Å². The average Bonchev–Trinajstić information content (AvgIpc) is 2.04. The Bertz CT molecular complexity index is 210. The van der Waals surface area contributed by atoms with Crippen LogP contribution in [0.1, 0.15) is 35.5 Å². The molecule has 0 spiro atoms. The third-order valence-electron chi connectivity index (χ3n) is 1.90. The van der Waals surface area contributed by atoms with Crippen molar-refractivity contribution in [2.45, 2.75) is 24.3 Å². The van der Waals surface area contributed by atoms with Crippen molar-refractivity contribution in [1.29, 1.82) is 0 Å². The summed E-state index contributed by atoms with van der Waals surface area (Å²) in [6.07, 6.45) is 0. The Kier molecular flexibility index (Phi) is 3.53. The van der Waals surface area contributed by atoms with E-state index in [-0.39, 0.29) is 0 Å². The second-order valence-electron chi connectivity index (χ2n) is 3.02. The van der Waals surface area contributed by atoms with E-state index in [9.17, 15) is 0 Å². The van der Waals surface area contributed by atoms with Crippen molar-refractivity contribution < 1.29 is 0 Å². The van der Waals surface area contributed by atoms with Gasteiger partial charge in [-0.05, 0) is 25.0 Å². The molecule has 1 rings (SSSR count). The van der Waals surface area contributed by atoms with Crippen molar-refractivity contribution in [3.8, 4) is 0 Å². The summed E-state index contributed by atoms with van der Waals surface area (Å²) in [5, 5.41) is 0.628. The molecule has 0 aliphatic carbocycles. The molecule has 0 heterocycles. The molecule has 12 heavy (non-hydrogen) atoms. The molecule has 1 aromatic carbocycles. The molecule has 2 atom stereocenters. The zero-order valence-electron chi connectivity index (χ0n) is 7.36. The van der Waals surface area contributed by atoms with Crippen LogP contribution in [0.4, 0.5) is 0 Å². The minimum Gasteiger partial charge on any atom is -0.171 e. The second kappa shape index (κ2) is 4.24. The van der Waals surface area contributed by atoms with Crippen molar-refractivity contribution in [1.82, 2.24) is 0 Å². The van der Waals surface area contributed by atoms with Crippen LogP contribution in [0.2, 0.25) is 0 Å². The van der Waals surface area contributed by atoms with Gasteiger partial charge in [0.15, 0.2) is 0 Å². The first kappa shape index (κ1) is 10.0. The van der Waals surface area contributed by atoms with Gasteiger partial charge in [0.05, 0.1) is 0 Å². The Morgan fingerprint density at radius 2 is 1.08 bits per heavy atom. The summed E-state index contributed by atoms with van der Waals surface area (Å²) in [5.74, 6) is 0. The van der Waals surface area contributed by atoms with Gasteiger partial charge in [-0.2, -0.15) is 25.3 Å². The van der Waals surface area contributed by atoms with Crippen LogP contribution >= 0.6 is 25.3 Å². The molecule has 0 amide bonds. The molecule has 0 fully saturated rings. The van der Waals surface area contributed by atoms with Crippen LogP contribution in [-0.2, 0) is 0 Å². The minimum absolute atomic E-state index is 0.314. The van der Waals surface area contributed by atoms with Crippen molar-refractivity contribution in [3.63, 3.8) is 0 Å². The number of benzene rings is 1. The zero-order valence-corrected chi connectivity index (χ0v) is 9.15. The zero-order chi connectivity index (χ0) is 9.14. The van der Waals surface area contributed by atoms with E-state index in [0.717, 1.165) is 0 Å². The molecule has 2 heteroatoms. The van der Waals surface area contributed by atoms with Crippen LogP contribution < -0.4 is 0 Å². The van der Waals surface area contributed by atoms with E-state index in [1.165, 1.54) is 11.1 Å². The first-order chi connectivity index (χ1) is 5.61. The lowest BCUT2D eigenvalue weighted by Crippen LogP contribution is -1.87.